The van der Waals surface area contributed by atoms with E-state index in [1.54, 1.807) is 24.3 Å². The van der Waals surface area contributed by atoms with Crippen molar-refractivity contribution in [3.05, 3.63) is 53.1 Å². The Morgan fingerprint density at radius 2 is 2.13 bits per heavy atom. The predicted octanol–water partition coefficient (Wildman–Crippen LogP) is 4.12. The van der Waals surface area contributed by atoms with Crippen molar-refractivity contribution in [2.75, 3.05) is 6.61 Å². The number of benzene rings is 1. The first-order valence-electron chi connectivity index (χ1n) is 7.52. The molecule has 2 rings (SSSR count). The quantitative estimate of drug-likeness (QED) is 0.651. The normalized spacial score (nSPS) is 19.2. The molecule has 1 aliphatic carbocycles. The second-order valence-electron chi connectivity index (χ2n) is 5.71. The first kappa shape index (κ1) is 17.3. The van der Waals surface area contributed by atoms with Crippen LogP contribution in [0.25, 0.3) is 0 Å². The van der Waals surface area contributed by atoms with Crippen molar-refractivity contribution in [2.45, 2.75) is 26.7 Å². The maximum absolute atomic E-state index is 11.8. The number of carbonyl (C=O) groups excluding carboxylic acids is 1. The van der Waals surface area contributed by atoms with Crippen molar-refractivity contribution in [3.63, 3.8) is 0 Å². The summed E-state index contributed by atoms with van der Waals surface area (Å²) < 4.78 is 5.38. The molecule has 0 saturated heterocycles. The number of carbonyl (C=O) groups is 1. The first-order valence-corrected chi connectivity index (χ1v) is 7.90. The number of hydrogen-bond donors (Lipinski definition) is 1. The first-order chi connectivity index (χ1) is 11.0. The lowest BCUT2D eigenvalue weighted by molar-refractivity contribution is -0.123. The second-order valence-corrected chi connectivity index (χ2v) is 6.14. The Morgan fingerprint density at radius 1 is 1.43 bits per heavy atom. The third-order valence-electron chi connectivity index (χ3n) is 3.80. The van der Waals surface area contributed by atoms with Crippen LogP contribution in [0.1, 0.15) is 26.7 Å². The summed E-state index contributed by atoms with van der Waals surface area (Å²) in [6.45, 7) is 7.94. The van der Waals surface area contributed by atoms with Gasteiger partial charge in [-0.1, -0.05) is 29.8 Å². The molecule has 1 aromatic rings. The number of halogens is 1. The molecule has 1 amide bonds. The summed E-state index contributed by atoms with van der Waals surface area (Å²) in [4.78, 5) is 11.8. The molecule has 1 aromatic carbocycles. The van der Waals surface area contributed by atoms with Gasteiger partial charge in [-0.2, -0.15) is 5.10 Å². The van der Waals surface area contributed by atoms with E-state index >= 15 is 0 Å². The molecule has 1 N–H and O–H groups in total. The lowest BCUT2D eigenvalue weighted by Crippen LogP contribution is -2.27. The minimum Gasteiger partial charge on any atom is -0.484 e. The van der Waals surface area contributed by atoms with Gasteiger partial charge in [-0.25, -0.2) is 5.43 Å². The SMILES string of the molecule is C=C(C)[C@H]1CC=C(C)C(=NNC(=O)COc2ccc(Cl)cc2)C1. The molecule has 0 fully saturated rings. The molecule has 0 unspecified atom stereocenters. The van der Waals surface area contributed by atoms with E-state index in [2.05, 4.69) is 23.2 Å². The number of hydrogen-bond acceptors (Lipinski definition) is 3. The Bertz CT molecular complexity index is 647. The van der Waals surface area contributed by atoms with Gasteiger partial charge in [0.1, 0.15) is 5.75 Å². The number of nitrogens with zero attached hydrogens (tertiary/aromatic N) is 1. The Balaban J connectivity index is 1.87. The summed E-state index contributed by atoms with van der Waals surface area (Å²) in [7, 11) is 0. The Hall–Kier alpha value is -2.07. The zero-order chi connectivity index (χ0) is 16.8. The molecule has 0 heterocycles. The molecule has 23 heavy (non-hydrogen) atoms. The molecule has 5 heteroatoms. The van der Waals surface area contributed by atoms with Gasteiger partial charge in [0.25, 0.3) is 5.91 Å². The number of allylic oxidation sites excluding steroid dienone is 3. The van der Waals surface area contributed by atoms with E-state index in [0.717, 1.165) is 29.7 Å². The van der Waals surface area contributed by atoms with Gasteiger partial charge in [-0.05, 0) is 62.4 Å². The minimum absolute atomic E-state index is 0.0922. The van der Waals surface area contributed by atoms with Crippen molar-refractivity contribution in [1.82, 2.24) is 5.43 Å². The van der Waals surface area contributed by atoms with E-state index in [9.17, 15) is 4.79 Å². The molecule has 0 saturated carbocycles. The van der Waals surface area contributed by atoms with Crippen LogP contribution in [0.2, 0.25) is 5.02 Å². The molecular formula is C18H21ClN2O2. The summed E-state index contributed by atoms with van der Waals surface area (Å²) in [6, 6.07) is 6.85. The van der Waals surface area contributed by atoms with Gasteiger partial charge in [-0.15, -0.1) is 0 Å². The van der Waals surface area contributed by atoms with Crippen molar-refractivity contribution in [1.29, 1.82) is 0 Å². The summed E-state index contributed by atoms with van der Waals surface area (Å²) in [5.41, 5.74) is 5.68. The Morgan fingerprint density at radius 3 is 2.78 bits per heavy atom. The highest BCUT2D eigenvalue weighted by Gasteiger charge is 2.18. The van der Waals surface area contributed by atoms with Gasteiger partial charge in [0.05, 0.1) is 5.71 Å². The second kappa shape index (κ2) is 7.97. The number of ether oxygens (including phenoxy) is 1. The highest BCUT2D eigenvalue weighted by molar-refractivity contribution is 6.30. The van der Waals surface area contributed by atoms with Crippen LogP contribution < -0.4 is 10.2 Å². The summed E-state index contributed by atoms with van der Waals surface area (Å²) in [6.07, 6.45) is 3.92. The van der Waals surface area contributed by atoms with Crippen LogP contribution in [0.5, 0.6) is 5.75 Å². The number of rotatable bonds is 5. The van der Waals surface area contributed by atoms with Crippen molar-refractivity contribution < 1.29 is 9.53 Å². The lowest BCUT2D eigenvalue weighted by Gasteiger charge is -2.22. The number of amides is 1. The predicted molar refractivity (Wildman–Crippen MR) is 93.8 cm³/mol. The third-order valence-corrected chi connectivity index (χ3v) is 4.05. The van der Waals surface area contributed by atoms with Gasteiger partial charge < -0.3 is 4.74 Å². The Labute approximate surface area is 141 Å². The summed E-state index contributed by atoms with van der Waals surface area (Å²) >= 11 is 5.79. The fourth-order valence-electron chi connectivity index (χ4n) is 2.27. The maximum Gasteiger partial charge on any atom is 0.277 e. The van der Waals surface area contributed by atoms with Gasteiger partial charge in [0.15, 0.2) is 6.61 Å². The van der Waals surface area contributed by atoms with Crippen LogP contribution in [0.4, 0.5) is 0 Å². The third kappa shape index (κ3) is 5.25. The molecule has 0 radical (unpaired) electrons. The van der Waals surface area contributed by atoms with Crippen molar-refractivity contribution in [3.8, 4) is 5.75 Å². The molecule has 1 aliphatic rings. The zero-order valence-electron chi connectivity index (χ0n) is 13.4. The molecule has 122 valence electrons. The topological polar surface area (TPSA) is 50.7 Å². The summed E-state index contributed by atoms with van der Waals surface area (Å²) in [5.74, 6) is 0.686. The molecular weight excluding hydrogens is 312 g/mol. The van der Waals surface area contributed by atoms with E-state index in [1.807, 2.05) is 13.8 Å². The molecule has 4 nitrogen and oxygen atoms in total. The van der Waals surface area contributed by atoms with Crippen LogP contribution in [0.15, 0.2) is 53.2 Å². The molecule has 0 aliphatic heterocycles. The zero-order valence-corrected chi connectivity index (χ0v) is 14.2. The highest BCUT2D eigenvalue weighted by atomic mass is 35.5. The van der Waals surface area contributed by atoms with E-state index in [0.29, 0.717) is 16.7 Å². The van der Waals surface area contributed by atoms with Crippen LogP contribution in [-0.4, -0.2) is 18.2 Å². The molecule has 0 aromatic heterocycles. The maximum atomic E-state index is 11.8. The van der Waals surface area contributed by atoms with Gasteiger partial charge >= 0.3 is 0 Å². The van der Waals surface area contributed by atoms with Crippen LogP contribution in [0.3, 0.4) is 0 Å². The van der Waals surface area contributed by atoms with Crippen molar-refractivity contribution >= 4 is 23.2 Å². The number of nitrogens with one attached hydrogen (secondary N) is 1. The van der Waals surface area contributed by atoms with E-state index < -0.39 is 0 Å². The van der Waals surface area contributed by atoms with Gasteiger partial charge in [-0.3, -0.25) is 4.79 Å². The van der Waals surface area contributed by atoms with Crippen LogP contribution >= 0.6 is 11.6 Å². The largest absolute Gasteiger partial charge is 0.484 e. The van der Waals surface area contributed by atoms with Gasteiger partial charge in [0, 0.05) is 5.02 Å². The fraction of sp³-hybridized carbons (Fsp3) is 0.333. The number of hydrazone groups is 1. The average molecular weight is 333 g/mol. The fourth-order valence-corrected chi connectivity index (χ4v) is 2.39. The van der Waals surface area contributed by atoms with Gasteiger partial charge in [0.2, 0.25) is 0 Å². The van der Waals surface area contributed by atoms with E-state index in [1.165, 1.54) is 0 Å². The van der Waals surface area contributed by atoms with Crippen LogP contribution in [-0.2, 0) is 4.79 Å². The Kier molecular flexibility index (Phi) is 5.99. The van der Waals surface area contributed by atoms with E-state index in [4.69, 9.17) is 16.3 Å². The molecule has 0 bridgehead atoms. The summed E-state index contributed by atoms with van der Waals surface area (Å²) in [5, 5.41) is 4.85. The molecule has 0 spiro atoms. The lowest BCUT2D eigenvalue weighted by atomic mass is 9.85. The smallest absolute Gasteiger partial charge is 0.277 e. The van der Waals surface area contributed by atoms with E-state index in [-0.39, 0.29) is 12.5 Å². The van der Waals surface area contributed by atoms with Crippen LogP contribution in [0, 0.1) is 5.92 Å². The van der Waals surface area contributed by atoms with Crippen molar-refractivity contribution in [2.24, 2.45) is 11.0 Å². The standard InChI is InChI=1S/C18H21ClN2O2/c1-12(2)14-5-4-13(3)17(10-14)20-21-18(22)11-23-16-8-6-15(19)7-9-16/h4,6-9,14H,1,5,10-11H2,2-3H3,(H,21,22)/t14-/m0/s1. The monoisotopic (exact) mass is 332 g/mol. The highest BCUT2D eigenvalue weighted by Crippen LogP contribution is 2.26. The average Bonchev–Trinajstić information content (AvgIpc) is 2.53. The molecule has 1 atom stereocenters. The minimum atomic E-state index is -0.294.